The second-order valence-corrected chi connectivity index (χ2v) is 5.26. The number of hydrogen-bond acceptors (Lipinski definition) is 5. The highest BCUT2D eigenvalue weighted by atomic mass is 19.4. The molecule has 1 amide bonds. The number of carbonyl (C=O) groups is 1. The molecule has 3 aromatic rings. The van der Waals surface area contributed by atoms with E-state index in [-0.39, 0.29) is 17.3 Å². The summed E-state index contributed by atoms with van der Waals surface area (Å²) in [6.45, 7) is 0. The Hall–Kier alpha value is -3.49. The van der Waals surface area contributed by atoms with Gasteiger partial charge >= 0.3 is 6.18 Å². The summed E-state index contributed by atoms with van der Waals surface area (Å²) in [5.74, 6) is -0.567. The van der Waals surface area contributed by atoms with Crippen LogP contribution in [0.2, 0.25) is 0 Å². The lowest BCUT2D eigenvalue weighted by molar-refractivity contribution is -0.137. The SMILES string of the molecule is NC(=O)c1cc(-c2ccnc(Nc3cccc(C(F)(F)F)c3)n2)ccn1. The number of rotatable bonds is 4. The molecule has 0 spiro atoms. The van der Waals surface area contributed by atoms with Crippen molar-refractivity contribution in [2.24, 2.45) is 5.73 Å². The molecule has 26 heavy (non-hydrogen) atoms. The molecule has 0 bridgehead atoms. The fourth-order valence-electron chi connectivity index (χ4n) is 2.21. The van der Waals surface area contributed by atoms with Gasteiger partial charge in [-0.25, -0.2) is 9.97 Å². The van der Waals surface area contributed by atoms with Crippen molar-refractivity contribution >= 4 is 17.5 Å². The predicted octanol–water partition coefficient (Wildman–Crippen LogP) is 3.40. The first-order valence-electron chi connectivity index (χ1n) is 7.36. The Kier molecular flexibility index (Phi) is 4.53. The van der Waals surface area contributed by atoms with Crippen molar-refractivity contribution in [3.63, 3.8) is 0 Å². The lowest BCUT2D eigenvalue weighted by Gasteiger charge is -2.10. The molecule has 6 nitrogen and oxygen atoms in total. The molecule has 0 saturated carbocycles. The van der Waals surface area contributed by atoms with E-state index in [1.807, 2.05) is 0 Å². The third-order valence-electron chi connectivity index (χ3n) is 3.41. The molecule has 2 aromatic heterocycles. The zero-order valence-electron chi connectivity index (χ0n) is 13.2. The summed E-state index contributed by atoms with van der Waals surface area (Å²) in [5, 5.41) is 2.73. The highest BCUT2D eigenvalue weighted by Crippen LogP contribution is 2.31. The molecule has 2 heterocycles. The van der Waals surface area contributed by atoms with Gasteiger partial charge in [0, 0.05) is 23.6 Å². The second kappa shape index (κ2) is 6.79. The molecular weight excluding hydrogens is 347 g/mol. The number of carbonyl (C=O) groups excluding carboxylic acids is 1. The Morgan fingerprint density at radius 3 is 2.54 bits per heavy atom. The Morgan fingerprint density at radius 1 is 1.04 bits per heavy atom. The van der Waals surface area contributed by atoms with Crippen LogP contribution in [0.5, 0.6) is 0 Å². The first-order chi connectivity index (χ1) is 12.3. The van der Waals surface area contributed by atoms with Crippen molar-refractivity contribution in [2.45, 2.75) is 6.18 Å². The van der Waals surface area contributed by atoms with E-state index in [2.05, 4.69) is 20.3 Å². The molecule has 1 aromatic carbocycles. The van der Waals surface area contributed by atoms with Crippen LogP contribution in [0.15, 0.2) is 54.9 Å². The van der Waals surface area contributed by atoms with E-state index in [9.17, 15) is 18.0 Å². The Bertz CT molecular complexity index is 959. The molecule has 0 unspecified atom stereocenters. The topological polar surface area (TPSA) is 93.8 Å². The molecule has 0 fully saturated rings. The third-order valence-corrected chi connectivity index (χ3v) is 3.41. The molecule has 0 radical (unpaired) electrons. The van der Waals surface area contributed by atoms with Crippen LogP contribution in [0.25, 0.3) is 11.3 Å². The number of nitrogens with one attached hydrogen (secondary N) is 1. The molecule has 9 heteroatoms. The largest absolute Gasteiger partial charge is 0.416 e. The minimum absolute atomic E-state index is 0.0773. The predicted molar refractivity (Wildman–Crippen MR) is 88.5 cm³/mol. The monoisotopic (exact) mass is 359 g/mol. The Balaban J connectivity index is 1.89. The average molecular weight is 359 g/mol. The fraction of sp³-hybridized carbons (Fsp3) is 0.0588. The highest BCUT2D eigenvalue weighted by Gasteiger charge is 2.30. The number of alkyl halides is 3. The summed E-state index contributed by atoms with van der Waals surface area (Å²) in [5.41, 5.74) is 5.73. The summed E-state index contributed by atoms with van der Waals surface area (Å²) in [4.78, 5) is 23.3. The molecule has 0 aliphatic heterocycles. The van der Waals surface area contributed by atoms with Gasteiger partial charge in [0.1, 0.15) is 5.69 Å². The van der Waals surface area contributed by atoms with Gasteiger partial charge in [-0.3, -0.25) is 9.78 Å². The first kappa shape index (κ1) is 17.3. The average Bonchev–Trinajstić information content (AvgIpc) is 2.61. The molecule has 0 saturated heterocycles. The van der Waals surface area contributed by atoms with Crippen LogP contribution in [0.3, 0.4) is 0 Å². The van der Waals surface area contributed by atoms with Gasteiger partial charge in [-0.15, -0.1) is 0 Å². The van der Waals surface area contributed by atoms with E-state index < -0.39 is 17.6 Å². The van der Waals surface area contributed by atoms with Crippen molar-refractivity contribution in [2.75, 3.05) is 5.32 Å². The van der Waals surface area contributed by atoms with E-state index in [1.165, 1.54) is 30.6 Å². The number of amides is 1. The summed E-state index contributed by atoms with van der Waals surface area (Å²) in [6.07, 6.45) is -1.58. The van der Waals surface area contributed by atoms with Gasteiger partial charge in [0.05, 0.1) is 11.3 Å². The van der Waals surface area contributed by atoms with Gasteiger partial charge in [0.2, 0.25) is 5.95 Å². The van der Waals surface area contributed by atoms with Gasteiger partial charge in [-0.2, -0.15) is 13.2 Å². The van der Waals surface area contributed by atoms with Crippen molar-refractivity contribution in [3.05, 3.63) is 66.1 Å². The van der Waals surface area contributed by atoms with Gasteiger partial charge < -0.3 is 11.1 Å². The molecule has 0 aliphatic rings. The number of hydrogen-bond donors (Lipinski definition) is 2. The number of primary amides is 1. The van der Waals surface area contributed by atoms with Crippen LogP contribution < -0.4 is 11.1 Å². The molecule has 3 rings (SSSR count). The number of benzene rings is 1. The number of pyridine rings is 1. The maximum Gasteiger partial charge on any atom is 0.416 e. The van der Waals surface area contributed by atoms with Gasteiger partial charge in [0.25, 0.3) is 5.91 Å². The van der Waals surface area contributed by atoms with Crippen molar-refractivity contribution < 1.29 is 18.0 Å². The van der Waals surface area contributed by atoms with Crippen LogP contribution in [0.4, 0.5) is 24.8 Å². The smallest absolute Gasteiger partial charge is 0.364 e. The standard InChI is InChI=1S/C17H12F3N5O/c18-17(19,20)11-2-1-3-12(9-11)24-16-23-7-5-13(25-16)10-4-6-22-14(8-10)15(21)26/h1-9H,(H2,21,26)(H,23,24,25). The van der Waals surface area contributed by atoms with E-state index in [0.29, 0.717) is 11.3 Å². The number of aromatic nitrogens is 3. The molecule has 0 atom stereocenters. The van der Waals surface area contributed by atoms with Crippen LogP contribution in [0, 0.1) is 0 Å². The Morgan fingerprint density at radius 2 is 1.81 bits per heavy atom. The summed E-state index contributed by atoms with van der Waals surface area (Å²) >= 11 is 0. The summed E-state index contributed by atoms with van der Waals surface area (Å²) in [7, 11) is 0. The third kappa shape index (κ3) is 3.94. The number of nitrogens with two attached hydrogens (primary N) is 1. The maximum absolute atomic E-state index is 12.8. The molecule has 132 valence electrons. The van der Waals surface area contributed by atoms with Crippen LogP contribution in [0.1, 0.15) is 16.1 Å². The zero-order chi connectivity index (χ0) is 18.7. The summed E-state index contributed by atoms with van der Waals surface area (Å²) in [6, 6.07) is 9.40. The van der Waals surface area contributed by atoms with E-state index in [4.69, 9.17) is 5.73 Å². The zero-order valence-corrected chi connectivity index (χ0v) is 13.2. The van der Waals surface area contributed by atoms with E-state index >= 15 is 0 Å². The Labute approximate surface area is 145 Å². The summed E-state index contributed by atoms with van der Waals surface area (Å²) < 4.78 is 38.4. The van der Waals surface area contributed by atoms with Gasteiger partial charge in [0.15, 0.2) is 0 Å². The van der Waals surface area contributed by atoms with Crippen molar-refractivity contribution in [1.82, 2.24) is 15.0 Å². The molecular formula is C17H12F3N5O. The molecule has 0 aliphatic carbocycles. The number of halogens is 3. The lowest BCUT2D eigenvalue weighted by Crippen LogP contribution is -2.12. The van der Waals surface area contributed by atoms with Crippen LogP contribution >= 0.6 is 0 Å². The highest BCUT2D eigenvalue weighted by molar-refractivity contribution is 5.91. The lowest BCUT2D eigenvalue weighted by atomic mass is 10.1. The first-order valence-corrected chi connectivity index (χ1v) is 7.36. The quantitative estimate of drug-likeness (QED) is 0.745. The van der Waals surface area contributed by atoms with Crippen LogP contribution in [-0.4, -0.2) is 20.9 Å². The number of nitrogens with zero attached hydrogens (tertiary/aromatic N) is 3. The fourth-order valence-corrected chi connectivity index (χ4v) is 2.21. The minimum atomic E-state index is -4.44. The van der Waals surface area contributed by atoms with E-state index in [0.717, 1.165) is 12.1 Å². The van der Waals surface area contributed by atoms with Crippen molar-refractivity contribution in [1.29, 1.82) is 0 Å². The van der Waals surface area contributed by atoms with Crippen molar-refractivity contribution in [3.8, 4) is 11.3 Å². The normalized spacial score (nSPS) is 11.2. The minimum Gasteiger partial charge on any atom is -0.364 e. The van der Waals surface area contributed by atoms with E-state index in [1.54, 1.807) is 12.1 Å². The second-order valence-electron chi connectivity index (χ2n) is 5.26. The van der Waals surface area contributed by atoms with Gasteiger partial charge in [-0.1, -0.05) is 6.07 Å². The number of anilines is 2. The maximum atomic E-state index is 12.8. The van der Waals surface area contributed by atoms with Crippen LogP contribution in [-0.2, 0) is 6.18 Å². The van der Waals surface area contributed by atoms with Gasteiger partial charge in [-0.05, 0) is 36.4 Å². The molecule has 3 N–H and O–H groups in total.